The molecule has 3 rings (SSSR count). The molecule has 1 heterocycles. The number of rotatable bonds is 4. The van der Waals surface area contributed by atoms with E-state index < -0.39 is 11.1 Å². The van der Waals surface area contributed by atoms with E-state index in [2.05, 4.69) is 10.6 Å². The molecule has 164 valence electrons. The average molecular weight is 416 g/mol. The van der Waals surface area contributed by atoms with E-state index in [1.165, 1.54) is 11.3 Å². The summed E-state index contributed by atoms with van der Waals surface area (Å²) in [6.45, 7) is 8.88. The summed E-state index contributed by atoms with van der Waals surface area (Å²) in [5.74, 6) is -0.265. The van der Waals surface area contributed by atoms with Gasteiger partial charge in [-0.15, -0.1) is 0 Å². The summed E-state index contributed by atoms with van der Waals surface area (Å²) < 4.78 is 5.87. The molecule has 30 heavy (non-hydrogen) atoms. The molecule has 2 aliphatic rings. The second kappa shape index (κ2) is 8.28. The molecule has 0 aromatic heterocycles. The van der Waals surface area contributed by atoms with Gasteiger partial charge in [0, 0.05) is 17.1 Å². The van der Waals surface area contributed by atoms with Crippen molar-refractivity contribution in [3.63, 3.8) is 0 Å². The summed E-state index contributed by atoms with van der Waals surface area (Å²) in [4.78, 5) is 39.8. The summed E-state index contributed by atoms with van der Waals surface area (Å²) in [7, 11) is 0. The van der Waals surface area contributed by atoms with Gasteiger partial charge in [0.1, 0.15) is 12.3 Å². The monoisotopic (exact) mass is 415 g/mol. The van der Waals surface area contributed by atoms with Crippen molar-refractivity contribution in [3.05, 3.63) is 23.8 Å². The number of benzene rings is 1. The van der Waals surface area contributed by atoms with Gasteiger partial charge in [0.15, 0.2) is 5.60 Å². The van der Waals surface area contributed by atoms with Crippen LogP contribution in [0.1, 0.15) is 77.1 Å². The Kier molecular flexibility index (Phi) is 6.11. The van der Waals surface area contributed by atoms with Gasteiger partial charge in [-0.2, -0.15) is 0 Å². The van der Waals surface area contributed by atoms with Crippen LogP contribution in [0.5, 0.6) is 5.75 Å². The standard InChI is InChI=1S/C23H33N3O4/c1-22(2,3)25-19(27)14-26-17-13-15(20(28)24-16-9-7-6-8-10-16)11-12-18(17)30-23(4,5)21(26)29/h11-13,16H,6-10,14H2,1-5H3,(H,24,28)(H,25,27). The molecule has 0 spiro atoms. The maximum atomic E-state index is 13.0. The predicted molar refractivity (Wildman–Crippen MR) is 116 cm³/mol. The average Bonchev–Trinajstić information content (AvgIpc) is 2.64. The van der Waals surface area contributed by atoms with Crippen molar-refractivity contribution in [2.24, 2.45) is 0 Å². The van der Waals surface area contributed by atoms with Gasteiger partial charge in [0.25, 0.3) is 11.8 Å². The number of carbonyl (C=O) groups is 3. The molecular weight excluding hydrogens is 382 g/mol. The van der Waals surface area contributed by atoms with Gasteiger partial charge >= 0.3 is 0 Å². The van der Waals surface area contributed by atoms with Crippen LogP contribution in [-0.4, -0.2) is 41.4 Å². The van der Waals surface area contributed by atoms with Crippen molar-refractivity contribution in [2.75, 3.05) is 11.4 Å². The van der Waals surface area contributed by atoms with Crippen LogP contribution >= 0.6 is 0 Å². The van der Waals surface area contributed by atoms with Crippen molar-refractivity contribution in [1.29, 1.82) is 0 Å². The van der Waals surface area contributed by atoms with Crippen molar-refractivity contribution >= 4 is 23.4 Å². The topological polar surface area (TPSA) is 87.7 Å². The van der Waals surface area contributed by atoms with Crippen LogP contribution in [0.25, 0.3) is 0 Å². The Labute approximate surface area is 178 Å². The van der Waals surface area contributed by atoms with E-state index in [9.17, 15) is 14.4 Å². The fourth-order valence-corrected chi connectivity index (χ4v) is 3.98. The first-order valence-electron chi connectivity index (χ1n) is 10.7. The first-order chi connectivity index (χ1) is 14.0. The second-order valence-corrected chi connectivity index (χ2v) is 9.79. The third-order valence-corrected chi connectivity index (χ3v) is 5.39. The highest BCUT2D eigenvalue weighted by Crippen LogP contribution is 2.38. The molecule has 1 aromatic rings. The van der Waals surface area contributed by atoms with E-state index in [1.807, 2.05) is 20.8 Å². The highest BCUT2D eigenvalue weighted by Gasteiger charge is 2.42. The Morgan fingerprint density at radius 1 is 1.17 bits per heavy atom. The summed E-state index contributed by atoms with van der Waals surface area (Å²) in [5, 5.41) is 5.98. The molecule has 7 heteroatoms. The van der Waals surface area contributed by atoms with Gasteiger partial charge in [-0.1, -0.05) is 19.3 Å². The van der Waals surface area contributed by atoms with Gasteiger partial charge in [0.2, 0.25) is 5.91 Å². The maximum absolute atomic E-state index is 13.0. The van der Waals surface area contributed by atoms with Crippen molar-refractivity contribution < 1.29 is 19.1 Å². The highest BCUT2D eigenvalue weighted by molar-refractivity contribution is 6.07. The van der Waals surface area contributed by atoms with Gasteiger partial charge in [-0.05, 0) is 65.7 Å². The minimum atomic E-state index is -1.10. The zero-order valence-electron chi connectivity index (χ0n) is 18.6. The van der Waals surface area contributed by atoms with Gasteiger partial charge < -0.3 is 15.4 Å². The molecule has 0 bridgehead atoms. The quantitative estimate of drug-likeness (QED) is 0.791. The Morgan fingerprint density at radius 3 is 2.47 bits per heavy atom. The molecule has 0 unspecified atom stereocenters. The highest BCUT2D eigenvalue weighted by atomic mass is 16.5. The lowest BCUT2D eigenvalue weighted by atomic mass is 9.95. The number of anilines is 1. The summed E-state index contributed by atoms with van der Waals surface area (Å²) >= 11 is 0. The van der Waals surface area contributed by atoms with Crippen molar-refractivity contribution in [2.45, 2.75) is 83.9 Å². The van der Waals surface area contributed by atoms with Gasteiger partial charge in [-0.3, -0.25) is 19.3 Å². The number of ether oxygens (including phenoxy) is 1. The van der Waals surface area contributed by atoms with Crippen molar-refractivity contribution in [3.8, 4) is 5.75 Å². The fraction of sp³-hybridized carbons (Fsp3) is 0.609. The number of hydrogen-bond donors (Lipinski definition) is 2. The molecule has 0 radical (unpaired) electrons. The molecule has 2 N–H and O–H groups in total. The zero-order chi connectivity index (χ0) is 22.1. The van der Waals surface area contributed by atoms with Gasteiger partial charge in [0.05, 0.1) is 5.69 Å². The lowest BCUT2D eigenvalue weighted by molar-refractivity contribution is -0.134. The lowest BCUT2D eigenvalue weighted by Crippen LogP contribution is -2.56. The molecule has 1 fully saturated rings. The van der Waals surface area contributed by atoms with E-state index in [0.29, 0.717) is 17.0 Å². The predicted octanol–water partition coefficient (Wildman–Crippen LogP) is 3.17. The van der Waals surface area contributed by atoms with E-state index in [4.69, 9.17) is 4.74 Å². The summed E-state index contributed by atoms with van der Waals surface area (Å²) in [5.41, 5.74) is -0.607. The fourth-order valence-electron chi connectivity index (χ4n) is 3.98. The molecule has 0 saturated heterocycles. The molecule has 3 amide bonds. The molecule has 0 atom stereocenters. The molecule has 1 aromatic carbocycles. The lowest BCUT2D eigenvalue weighted by Gasteiger charge is -2.39. The third kappa shape index (κ3) is 5.12. The van der Waals surface area contributed by atoms with Crippen LogP contribution in [0, 0.1) is 0 Å². The molecule has 7 nitrogen and oxygen atoms in total. The normalized spacial score (nSPS) is 19.0. The Hall–Kier alpha value is -2.57. The number of carbonyl (C=O) groups excluding carboxylic acids is 3. The second-order valence-electron chi connectivity index (χ2n) is 9.79. The SMILES string of the molecule is CC(C)(C)NC(=O)CN1C(=O)C(C)(C)Oc2ccc(C(=O)NC3CCCCC3)cc21. The Morgan fingerprint density at radius 2 is 1.83 bits per heavy atom. The van der Waals surface area contributed by atoms with Crippen LogP contribution in [0.2, 0.25) is 0 Å². The minimum Gasteiger partial charge on any atom is -0.476 e. The van der Waals surface area contributed by atoms with Crippen molar-refractivity contribution in [1.82, 2.24) is 10.6 Å². The van der Waals surface area contributed by atoms with Crippen LogP contribution < -0.4 is 20.3 Å². The van der Waals surface area contributed by atoms with Crippen LogP contribution in [0.4, 0.5) is 5.69 Å². The van der Waals surface area contributed by atoms with Crippen LogP contribution in [-0.2, 0) is 9.59 Å². The maximum Gasteiger partial charge on any atom is 0.271 e. The van der Waals surface area contributed by atoms with E-state index in [-0.39, 0.29) is 30.3 Å². The number of hydrogen-bond acceptors (Lipinski definition) is 4. The van der Waals surface area contributed by atoms with E-state index in [1.54, 1.807) is 32.0 Å². The number of nitrogens with zero attached hydrogens (tertiary/aromatic N) is 1. The number of nitrogens with one attached hydrogen (secondary N) is 2. The molecule has 1 aliphatic carbocycles. The number of amides is 3. The molecular formula is C23H33N3O4. The first-order valence-corrected chi connectivity index (χ1v) is 10.7. The van der Waals surface area contributed by atoms with E-state index >= 15 is 0 Å². The Bertz CT molecular complexity index is 835. The number of fused-ring (bicyclic) bond motifs is 1. The first kappa shape index (κ1) is 22.1. The van der Waals surface area contributed by atoms with Crippen LogP contribution in [0.15, 0.2) is 18.2 Å². The summed E-state index contributed by atoms with van der Waals surface area (Å²) in [6, 6.07) is 5.24. The van der Waals surface area contributed by atoms with E-state index in [0.717, 1.165) is 25.7 Å². The minimum absolute atomic E-state index is 0.135. The molecule has 1 aliphatic heterocycles. The van der Waals surface area contributed by atoms with Gasteiger partial charge in [-0.25, -0.2) is 0 Å². The smallest absolute Gasteiger partial charge is 0.271 e. The summed E-state index contributed by atoms with van der Waals surface area (Å²) in [6.07, 6.45) is 5.45. The Balaban J connectivity index is 1.85. The zero-order valence-corrected chi connectivity index (χ0v) is 18.6. The van der Waals surface area contributed by atoms with Crippen LogP contribution in [0.3, 0.4) is 0 Å². The molecule has 1 saturated carbocycles. The third-order valence-electron chi connectivity index (χ3n) is 5.39. The largest absolute Gasteiger partial charge is 0.476 e.